The van der Waals surface area contributed by atoms with Crippen LogP contribution in [-0.2, 0) is 11.2 Å². The van der Waals surface area contributed by atoms with Crippen molar-refractivity contribution in [1.82, 2.24) is 4.98 Å². The normalized spacial score (nSPS) is 10.4. The lowest BCUT2D eigenvalue weighted by Crippen LogP contribution is -2.06. The number of nitrogens with zero attached hydrogens (tertiary/aromatic N) is 1. The average molecular weight is 275 g/mol. The van der Waals surface area contributed by atoms with E-state index in [0.717, 1.165) is 22.9 Å². The number of ether oxygens (including phenoxy) is 1. The van der Waals surface area contributed by atoms with E-state index < -0.39 is 0 Å². The molecule has 0 unspecified atom stereocenters. The van der Waals surface area contributed by atoms with Crippen molar-refractivity contribution in [2.45, 2.75) is 26.2 Å². The molecule has 0 aliphatic carbocycles. The van der Waals surface area contributed by atoms with Gasteiger partial charge < -0.3 is 4.74 Å². The third kappa shape index (κ3) is 4.83. The molecule has 1 aromatic heterocycles. The van der Waals surface area contributed by atoms with E-state index in [9.17, 15) is 4.79 Å². The molecule has 0 radical (unpaired) electrons. The third-order valence-corrected chi connectivity index (χ3v) is 3.59. The fourth-order valence-corrected chi connectivity index (χ4v) is 2.52. The summed E-state index contributed by atoms with van der Waals surface area (Å²) in [5.74, 6) is 1.08. The van der Waals surface area contributed by atoms with Gasteiger partial charge >= 0.3 is 0 Å². The summed E-state index contributed by atoms with van der Waals surface area (Å²) in [6.07, 6.45) is 1.74. The Kier molecular flexibility index (Phi) is 5.10. The molecule has 0 amide bonds. The van der Waals surface area contributed by atoms with Gasteiger partial charge in [-0.25, -0.2) is 4.98 Å². The highest BCUT2D eigenvalue weighted by molar-refractivity contribution is 7.09. The van der Waals surface area contributed by atoms with E-state index in [-0.39, 0.29) is 5.78 Å². The zero-order valence-corrected chi connectivity index (χ0v) is 11.8. The number of carbonyl (C=O) groups excluding carboxylic acids is 1. The van der Waals surface area contributed by atoms with Gasteiger partial charge in [-0.1, -0.05) is 18.2 Å². The number of para-hydroxylation sites is 1. The molecule has 0 aliphatic rings. The van der Waals surface area contributed by atoms with Crippen molar-refractivity contribution in [3.8, 4) is 5.75 Å². The monoisotopic (exact) mass is 275 g/mol. The van der Waals surface area contributed by atoms with E-state index in [1.807, 2.05) is 42.6 Å². The van der Waals surface area contributed by atoms with Gasteiger partial charge in [-0.15, -0.1) is 11.3 Å². The minimum atomic E-state index is 0.228. The van der Waals surface area contributed by atoms with Crippen LogP contribution in [0.3, 0.4) is 0 Å². The van der Waals surface area contributed by atoms with E-state index in [0.29, 0.717) is 19.4 Å². The number of hydrogen-bond acceptors (Lipinski definition) is 4. The molecule has 0 saturated carbocycles. The van der Waals surface area contributed by atoms with Crippen LogP contribution in [0.5, 0.6) is 5.75 Å². The summed E-state index contributed by atoms with van der Waals surface area (Å²) < 4.78 is 5.55. The maximum Gasteiger partial charge on any atom is 0.139 e. The molecule has 0 saturated heterocycles. The zero-order valence-electron chi connectivity index (χ0n) is 11.0. The molecule has 4 heteroatoms. The predicted octanol–water partition coefficient (Wildman–Crippen LogP) is 3.42. The van der Waals surface area contributed by atoms with Gasteiger partial charge in [0.2, 0.25) is 0 Å². The third-order valence-electron chi connectivity index (χ3n) is 2.63. The Morgan fingerprint density at radius 1 is 1.32 bits per heavy atom. The smallest absolute Gasteiger partial charge is 0.139 e. The molecule has 0 N–H and O–H groups in total. The van der Waals surface area contributed by atoms with Gasteiger partial charge in [-0.2, -0.15) is 0 Å². The highest BCUT2D eigenvalue weighted by Gasteiger charge is 2.06. The Labute approximate surface area is 117 Å². The number of aryl methyl sites for hydroxylation is 1. The second-order valence-electron chi connectivity index (χ2n) is 4.36. The molecule has 0 bridgehead atoms. The lowest BCUT2D eigenvalue weighted by Gasteiger charge is -2.04. The van der Waals surface area contributed by atoms with Gasteiger partial charge in [-0.3, -0.25) is 4.79 Å². The number of aromatic nitrogens is 1. The lowest BCUT2D eigenvalue weighted by atomic mass is 10.2. The quantitative estimate of drug-likeness (QED) is 0.727. The van der Waals surface area contributed by atoms with Crippen LogP contribution in [0.1, 0.15) is 23.5 Å². The molecule has 0 fully saturated rings. The predicted molar refractivity (Wildman–Crippen MR) is 76.7 cm³/mol. The maximum atomic E-state index is 11.7. The number of thiazole rings is 1. The van der Waals surface area contributed by atoms with E-state index in [1.165, 1.54) is 0 Å². The Morgan fingerprint density at radius 2 is 2.11 bits per heavy atom. The van der Waals surface area contributed by atoms with E-state index in [2.05, 4.69) is 4.98 Å². The standard InChI is InChI=1S/C15H17NO2S/c1-12-11-19-15(16-12)10-13(17)6-5-9-18-14-7-3-2-4-8-14/h2-4,7-8,11H,5-6,9-10H2,1H3. The molecule has 100 valence electrons. The fourth-order valence-electron chi connectivity index (χ4n) is 1.72. The van der Waals surface area contributed by atoms with Crippen molar-refractivity contribution >= 4 is 17.1 Å². The van der Waals surface area contributed by atoms with E-state index >= 15 is 0 Å². The molecule has 1 aromatic carbocycles. The second kappa shape index (κ2) is 7.04. The van der Waals surface area contributed by atoms with Crippen molar-refractivity contribution in [2.24, 2.45) is 0 Å². The number of hydrogen-bond donors (Lipinski definition) is 0. The Bertz CT molecular complexity index is 522. The van der Waals surface area contributed by atoms with Crippen LogP contribution in [0.25, 0.3) is 0 Å². The van der Waals surface area contributed by atoms with Crippen molar-refractivity contribution < 1.29 is 9.53 Å². The number of ketones is 1. The largest absolute Gasteiger partial charge is 0.494 e. The van der Waals surface area contributed by atoms with Crippen LogP contribution in [0.15, 0.2) is 35.7 Å². The zero-order chi connectivity index (χ0) is 13.5. The minimum absolute atomic E-state index is 0.228. The van der Waals surface area contributed by atoms with Gasteiger partial charge in [0.05, 0.1) is 13.0 Å². The molecule has 0 aliphatic heterocycles. The van der Waals surface area contributed by atoms with Crippen LogP contribution < -0.4 is 4.74 Å². The summed E-state index contributed by atoms with van der Waals surface area (Å²) >= 11 is 1.55. The van der Waals surface area contributed by atoms with E-state index in [4.69, 9.17) is 4.74 Å². The number of carbonyl (C=O) groups is 1. The van der Waals surface area contributed by atoms with Crippen LogP contribution in [0.2, 0.25) is 0 Å². The minimum Gasteiger partial charge on any atom is -0.494 e. The highest BCUT2D eigenvalue weighted by Crippen LogP contribution is 2.12. The van der Waals surface area contributed by atoms with Crippen molar-refractivity contribution in [1.29, 1.82) is 0 Å². The first-order chi connectivity index (χ1) is 9.24. The molecule has 0 spiro atoms. The molecular formula is C15H17NO2S. The Balaban J connectivity index is 1.64. The Morgan fingerprint density at radius 3 is 2.79 bits per heavy atom. The Hall–Kier alpha value is -1.68. The summed E-state index contributed by atoms with van der Waals surface area (Å²) in [4.78, 5) is 16.0. The van der Waals surface area contributed by atoms with Crippen LogP contribution in [0.4, 0.5) is 0 Å². The topological polar surface area (TPSA) is 39.2 Å². The molecular weight excluding hydrogens is 258 g/mol. The van der Waals surface area contributed by atoms with Crippen molar-refractivity contribution in [3.63, 3.8) is 0 Å². The first-order valence-corrected chi connectivity index (χ1v) is 7.22. The SMILES string of the molecule is Cc1csc(CC(=O)CCCOc2ccccc2)n1. The van der Waals surface area contributed by atoms with Gasteiger partial charge in [-0.05, 0) is 25.5 Å². The molecule has 2 rings (SSSR count). The average Bonchev–Trinajstić information content (AvgIpc) is 2.81. The first-order valence-electron chi connectivity index (χ1n) is 6.34. The summed E-state index contributed by atoms with van der Waals surface area (Å²) in [5.41, 5.74) is 0.986. The molecule has 19 heavy (non-hydrogen) atoms. The second-order valence-corrected chi connectivity index (χ2v) is 5.31. The van der Waals surface area contributed by atoms with Crippen molar-refractivity contribution in [3.05, 3.63) is 46.4 Å². The van der Waals surface area contributed by atoms with Gasteiger partial charge in [0.25, 0.3) is 0 Å². The summed E-state index contributed by atoms with van der Waals surface area (Å²) in [5, 5.41) is 2.88. The van der Waals surface area contributed by atoms with Gasteiger partial charge in [0.1, 0.15) is 16.5 Å². The van der Waals surface area contributed by atoms with Crippen molar-refractivity contribution in [2.75, 3.05) is 6.61 Å². The van der Waals surface area contributed by atoms with Gasteiger partial charge in [0, 0.05) is 17.5 Å². The number of Topliss-reactive ketones (excluding diaryl/α,β-unsaturated/α-hetero) is 1. The van der Waals surface area contributed by atoms with Crippen LogP contribution >= 0.6 is 11.3 Å². The lowest BCUT2D eigenvalue weighted by molar-refractivity contribution is -0.118. The molecule has 2 aromatic rings. The summed E-state index contributed by atoms with van der Waals surface area (Å²) in [6, 6.07) is 9.66. The number of benzene rings is 1. The summed E-state index contributed by atoms with van der Waals surface area (Å²) in [7, 11) is 0. The molecule has 1 heterocycles. The first kappa shape index (κ1) is 13.7. The molecule has 0 atom stereocenters. The van der Waals surface area contributed by atoms with Gasteiger partial charge in [0.15, 0.2) is 0 Å². The van der Waals surface area contributed by atoms with E-state index in [1.54, 1.807) is 11.3 Å². The fraction of sp³-hybridized carbons (Fsp3) is 0.333. The summed E-state index contributed by atoms with van der Waals surface area (Å²) in [6.45, 7) is 2.52. The van der Waals surface area contributed by atoms with Crippen LogP contribution in [-0.4, -0.2) is 17.4 Å². The van der Waals surface area contributed by atoms with Crippen LogP contribution in [0, 0.1) is 6.92 Å². The highest BCUT2D eigenvalue weighted by atomic mass is 32.1. The number of rotatable bonds is 7. The molecule has 3 nitrogen and oxygen atoms in total. The maximum absolute atomic E-state index is 11.7.